The number of fused-ring (bicyclic) bond motifs is 1. The zero-order valence-corrected chi connectivity index (χ0v) is 13.7. The van der Waals surface area contributed by atoms with E-state index in [0.717, 1.165) is 37.7 Å². The summed E-state index contributed by atoms with van der Waals surface area (Å²) in [6, 6.07) is 0. The van der Waals surface area contributed by atoms with Crippen LogP contribution in [0.15, 0.2) is 22.4 Å². The van der Waals surface area contributed by atoms with Crippen LogP contribution >= 0.6 is 0 Å². The van der Waals surface area contributed by atoms with Crippen LogP contribution in [0.5, 0.6) is 0 Å². The minimum Gasteiger partial charge on any atom is -0.340 e. The van der Waals surface area contributed by atoms with Crippen LogP contribution in [-0.2, 0) is 4.79 Å². The van der Waals surface area contributed by atoms with Crippen molar-refractivity contribution in [3.8, 4) is 0 Å². The average molecular weight is 330 g/mol. The van der Waals surface area contributed by atoms with Gasteiger partial charge in [-0.05, 0) is 19.4 Å². The van der Waals surface area contributed by atoms with Gasteiger partial charge in [0.25, 0.3) is 5.91 Å². The standard InChI is InChI=1S/C16H19FN6O/c1-9-3-18-15(19-4-9)22-5-11-7-23(8-12(11)6-22)16-20-10(2)13(17)14(24)21-16/h3-4,11-13H,5-8H2,1-2H3. The number of halogens is 1. The van der Waals surface area contributed by atoms with Gasteiger partial charge in [-0.1, -0.05) is 0 Å². The third kappa shape index (κ3) is 2.55. The lowest BCUT2D eigenvalue weighted by Crippen LogP contribution is -2.38. The molecule has 4 heterocycles. The Morgan fingerprint density at radius 1 is 1.00 bits per heavy atom. The highest BCUT2D eigenvalue weighted by Gasteiger charge is 2.42. The number of rotatable bonds is 1. The Kier molecular flexibility index (Phi) is 3.54. The second-order valence-corrected chi connectivity index (χ2v) is 6.76. The fourth-order valence-corrected chi connectivity index (χ4v) is 3.58. The molecule has 2 saturated heterocycles. The highest BCUT2D eigenvalue weighted by atomic mass is 19.1. The van der Waals surface area contributed by atoms with Crippen LogP contribution in [0.3, 0.4) is 0 Å². The largest absolute Gasteiger partial charge is 0.340 e. The molecule has 4 rings (SSSR count). The van der Waals surface area contributed by atoms with Crippen molar-refractivity contribution in [3.63, 3.8) is 0 Å². The second kappa shape index (κ2) is 5.61. The summed E-state index contributed by atoms with van der Waals surface area (Å²) in [5, 5.41) is 0. The first-order valence-corrected chi connectivity index (χ1v) is 8.11. The lowest BCUT2D eigenvalue weighted by Gasteiger charge is -2.24. The molecular weight excluding hydrogens is 311 g/mol. The third-order valence-corrected chi connectivity index (χ3v) is 4.89. The highest BCUT2D eigenvalue weighted by Crippen LogP contribution is 2.33. The fourth-order valence-electron chi connectivity index (χ4n) is 3.58. The van der Waals surface area contributed by atoms with Crippen LogP contribution in [-0.4, -0.2) is 64.8 Å². The Morgan fingerprint density at radius 3 is 2.17 bits per heavy atom. The highest BCUT2D eigenvalue weighted by molar-refractivity contribution is 6.16. The summed E-state index contributed by atoms with van der Waals surface area (Å²) in [5.74, 6) is 1.28. The summed E-state index contributed by atoms with van der Waals surface area (Å²) in [5.41, 5.74) is 1.24. The molecule has 3 atom stereocenters. The van der Waals surface area contributed by atoms with Crippen LogP contribution in [0.1, 0.15) is 12.5 Å². The van der Waals surface area contributed by atoms with E-state index in [4.69, 9.17) is 0 Å². The smallest absolute Gasteiger partial charge is 0.289 e. The summed E-state index contributed by atoms with van der Waals surface area (Å²) >= 11 is 0. The molecule has 3 unspecified atom stereocenters. The van der Waals surface area contributed by atoms with E-state index in [0.29, 0.717) is 17.8 Å². The van der Waals surface area contributed by atoms with Crippen LogP contribution in [0, 0.1) is 18.8 Å². The molecule has 1 aromatic rings. The van der Waals surface area contributed by atoms with Gasteiger partial charge in [0.15, 0.2) is 0 Å². The van der Waals surface area contributed by atoms with Crippen LogP contribution in [0.25, 0.3) is 0 Å². The predicted octanol–water partition coefficient (Wildman–Crippen LogP) is 0.848. The van der Waals surface area contributed by atoms with Gasteiger partial charge in [-0.2, -0.15) is 4.99 Å². The molecule has 0 spiro atoms. The van der Waals surface area contributed by atoms with Crippen LogP contribution in [0.4, 0.5) is 10.3 Å². The summed E-state index contributed by atoms with van der Waals surface area (Å²) in [4.78, 5) is 32.6. The molecule has 0 radical (unpaired) electrons. The molecule has 1 amide bonds. The van der Waals surface area contributed by atoms with Crippen molar-refractivity contribution < 1.29 is 9.18 Å². The lowest BCUT2D eigenvalue weighted by atomic mass is 10.0. The molecule has 3 aliphatic heterocycles. The number of nitrogens with zero attached hydrogens (tertiary/aromatic N) is 6. The van der Waals surface area contributed by atoms with Crippen LogP contribution < -0.4 is 4.90 Å². The number of guanidine groups is 1. The lowest BCUT2D eigenvalue weighted by molar-refractivity contribution is -0.120. The van der Waals surface area contributed by atoms with E-state index in [1.807, 2.05) is 24.2 Å². The van der Waals surface area contributed by atoms with Gasteiger partial charge in [0, 0.05) is 50.4 Å². The molecule has 8 heteroatoms. The molecule has 7 nitrogen and oxygen atoms in total. The zero-order chi connectivity index (χ0) is 16.8. The maximum absolute atomic E-state index is 13.5. The van der Waals surface area contributed by atoms with Crippen molar-refractivity contribution in [3.05, 3.63) is 18.0 Å². The fraction of sp³-hybridized carbons (Fsp3) is 0.562. The number of likely N-dealkylation sites (tertiary alicyclic amines) is 1. The third-order valence-electron chi connectivity index (χ3n) is 4.89. The number of alkyl halides is 1. The summed E-state index contributed by atoms with van der Waals surface area (Å²) in [6.45, 7) is 6.79. The number of hydrogen-bond acceptors (Lipinski definition) is 6. The van der Waals surface area contributed by atoms with E-state index in [-0.39, 0.29) is 5.71 Å². The van der Waals surface area contributed by atoms with E-state index in [1.165, 1.54) is 6.92 Å². The topological polar surface area (TPSA) is 74.1 Å². The Labute approximate surface area is 139 Å². The van der Waals surface area contributed by atoms with Gasteiger partial charge in [0.2, 0.25) is 18.1 Å². The van der Waals surface area contributed by atoms with Gasteiger partial charge >= 0.3 is 0 Å². The molecule has 24 heavy (non-hydrogen) atoms. The van der Waals surface area contributed by atoms with Gasteiger partial charge in [-0.3, -0.25) is 4.79 Å². The second-order valence-electron chi connectivity index (χ2n) is 6.76. The van der Waals surface area contributed by atoms with Crippen molar-refractivity contribution >= 4 is 23.5 Å². The maximum Gasteiger partial charge on any atom is 0.289 e. The Morgan fingerprint density at radius 2 is 1.58 bits per heavy atom. The predicted molar refractivity (Wildman–Crippen MR) is 88.0 cm³/mol. The van der Waals surface area contributed by atoms with Gasteiger partial charge in [-0.15, -0.1) is 0 Å². The monoisotopic (exact) mass is 330 g/mol. The normalized spacial score (nSPS) is 29.6. The number of amides is 1. The average Bonchev–Trinajstić information content (AvgIpc) is 3.11. The molecule has 126 valence electrons. The number of anilines is 1. The molecule has 0 aliphatic carbocycles. The molecule has 1 aromatic heterocycles. The number of carbonyl (C=O) groups excluding carboxylic acids is 1. The molecule has 0 N–H and O–H groups in total. The molecule has 0 aromatic carbocycles. The quantitative estimate of drug-likeness (QED) is 0.763. The van der Waals surface area contributed by atoms with Crippen LogP contribution in [0.2, 0.25) is 0 Å². The van der Waals surface area contributed by atoms with E-state index >= 15 is 0 Å². The summed E-state index contributed by atoms with van der Waals surface area (Å²) in [7, 11) is 0. The van der Waals surface area contributed by atoms with Crippen molar-refractivity contribution in [2.45, 2.75) is 20.0 Å². The maximum atomic E-state index is 13.5. The van der Waals surface area contributed by atoms with E-state index in [1.54, 1.807) is 0 Å². The number of aromatic nitrogens is 2. The molecule has 0 bridgehead atoms. The molecule has 2 fully saturated rings. The molecule has 3 aliphatic rings. The number of aliphatic imine (C=N–C) groups is 2. The first kappa shape index (κ1) is 15.2. The van der Waals surface area contributed by atoms with Crippen molar-refractivity contribution in [2.24, 2.45) is 21.8 Å². The SMILES string of the molecule is CC1=NC(N2CC3CN(c4ncc(C)cn4)CC3C2)=NC(=O)C1F. The molecule has 0 saturated carbocycles. The Balaban J connectivity index is 1.44. The summed E-state index contributed by atoms with van der Waals surface area (Å²) in [6.07, 6.45) is 1.97. The van der Waals surface area contributed by atoms with Gasteiger partial charge in [0.1, 0.15) is 0 Å². The number of hydrogen-bond donors (Lipinski definition) is 0. The molecular formula is C16H19FN6O. The van der Waals surface area contributed by atoms with Crippen molar-refractivity contribution in [2.75, 3.05) is 31.1 Å². The van der Waals surface area contributed by atoms with Gasteiger partial charge < -0.3 is 9.80 Å². The zero-order valence-electron chi connectivity index (χ0n) is 13.7. The van der Waals surface area contributed by atoms with Gasteiger partial charge in [-0.25, -0.2) is 19.4 Å². The summed E-state index contributed by atoms with van der Waals surface area (Å²) < 4.78 is 13.5. The minimum atomic E-state index is -1.69. The van der Waals surface area contributed by atoms with E-state index in [9.17, 15) is 9.18 Å². The minimum absolute atomic E-state index is 0.191. The van der Waals surface area contributed by atoms with Gasteiger partial charge in [0.05, 0.1) is 5.71 Å². The van der Waals surface area contributed by atoms with Crippen molar-refractivity contribution in [1.29, 1.82) is 0 Å². The Hall–Kier alpha value is -2.38. The Bertz CT molecular complexity index is 717. The first-order valence-electron chi connectivity index (χ1n) is 8.11. The number of aryl methyl sites for hydroxylation is 1. The van der Waals surface area contributed by atoms with Crippen molar-refractivity contribution in [1.82, 2.24) is 14.9 Å². The van der Waals surface area contributed by atoms with E-state index < -0.39 is 12.1 Å². The first-order chi connectivity index (χ1) is 11.5. The van der Waals surface area contributed by atoms with E-state index in [2.05, 4.69) is 24.9 Å². The number of carbonyl (C=O) groups is 1.